The number of hydrogen-bond acceptors (Lipinski definition) is 3. The number of carbonyl (C=O) groups is 1. The average Bonchev–Trinajstić information content (AvgIpc) is 3.09. The van der Waals surface area contributed by atoms with Crippen molar-refractivity contribution in [1.82, 2.24) is 9.88 Å². The first-order valence-electron chi connectivity index (χ1n) is 8.30. The van der Waals surface area contributed by atoms with Gasteiger partial charge in [-0.05, 0) is 40.2 Å². The van der Waals surface area contributed by atoms with Crippen molar-refractivity contribution < 1.29 is 35.9 Å². The molecule has 0 N–H and O–H groups in total. The van der Waals surface area contributed by atoms with Crippen molar-refractivity contribution in [3.63, 3.8) is 0 Å². The monoisotopic (exact) mass is 482 g/mol. The first-order valence-corrected chi connectivity index (χ1v) is 9.10. The van der Waals surface area contributed by atoms with Gasteiger partial charge in [0.15, 0.2) is 0 Å². The summed E-state index contributed by atoms with van der Waals surface area (Å²) in [5.41, 5.74) is -3.72. The van der Waals surface area contributed by atoms with Gasteiger partial charge in [0.05, 0.1) is 17.7 Å². The number of rotatable bonds is 3. The second kappa shape index (κ2) is 7.85. The molecule has 2 aromatic rings. The van der Waals surface area contributed by atoms with E-state index in [1.54, 1.807) is 12.1 Å². The average molecular weight is 483 g/mol. The van der Waals surface area contributed by atoms with Crippen LogP contribution in [0.25, 0.3) is 0 Å². The van der Waals surface area contributed by atoms with Crippen LogP contribution in [0.3, 0.4) is 0 Å². The first-order chi connectivity index (χ1) is 13.4. The summed E-state index contributed by atoms with van der Waals surface area (Å²) in [5, 5.41) is 0. The van der Waals surface area contributed by atoms with E-state index in [1.165, 1.54) is 11.1 Å². The summed E-state index contributed by atoms with van der Waals surface area (Å²) in [6.45, 7) is 0.159. The fourth-order valence-corrected chi connectivity index (χ4v) is 3.11. The molecule has 1 atom stereocenters. The summed E-state index contributed by atoms with van der Waals surface area (Å²) in [4.78, 5) is 17.8. The Hall–Kier alpha value is -2.30. The number of halogens is 7. The number of nitrogens with zero attached hydrogens (tertiary/aromatic N) is 2. The van der Waals surface area contributed by atoms with Gasteiger partial charge in [-0.15, -0.1) is 0 Å². The number of benzene rings is 1. The smallest absolute Gasteiger partial charge is 0.416 e. The number of alkyl halides is 6. The van der Waals surface area contributed by atoms with Gasteiger partial charge < -0.3 is 9.64 Å². The Morgan fingerprint density at radius 1 is 1.07 bits per heavy atom. The number of likely N-dealkylation sites (tertiary alicyclic amines) is 1. The van der Waals surface area contributed by atoms with Gasteiger partial charge in [0.2, 0.25) is 5.88 Å². The lowest BCUT2D eigenvalue weighted by Crippen LogP contribution is -2.31. The summed E-state index contributed by atoms with van der Waals surface area (Å²) in [7, 11) is 0. The maximum absolute atomic E-state index is 13.0. The molecule has 1 aromatic heterocycles. The highest BCUT2D eigenvalue weighted by atomic mass is 79.9. The Bertz CT molecular complexity index is 866. The second-order valence-corrected chi connectivity index (χ2v) is 7.30. The number of hydrogen-bond donors (Lipinski definition) is 0. The van der Waals surface area contributed by atoms with Crippen molar-refractivity contribution in [3.05, 3.63) is 57.7 Å². The van der Waals surface area contributed by atoms with Crippen molar-refractivity contribution in [1.29, 1.82) is 0 Å². The van der Waals surface area contributed by atoms with E-state index in [1.807, 2.05) is 0 Å². The zero-order chi connectivity index (χ0) is 21.4. The minimum Gasteiger partial charge on any atom is -0.472 e. The van der Waals surface area contributed by atoms with E-state index in [4.69, 9.17) is 4.74 Å². The topological polar surface area (TPSA) is 42.4 Å². The van der Waals surface area contributed by atoms with E-state index in [9.17, 15) is 31.1 Å². The van der Waals surface area contributed by atoms with Crippen molar-refractivity contribution in [2.75, 3.05) is 13.1 Å². The summed E-state index contributed by atoms with van der Waals surface area (Å²) in [5.74, 6) is -0.623. The molecule has 4 nitrogen and oxygen atoms in total. The molecule has 0 aliphatic carbocycles. The van der Waals surface area contributed by atoms with Crippen LogP contribution in [0.1, 0.15) is 27.9 Å². The van der Waals surface area contributed by atoms with Gasteiger partial charge >= 0.3 is 12.4 Å². The number of carbonyl (C=O) groups excluding carboxylic acids is 1. The van der Waals surface area contributed by atoms with Crippen molar-refractivity contribution in [2.24, 2.45) is 0 Å². The molecule has 0 radical (unpaired) electrons. The third kappa shape index (κ3) is 5.20. The molecule has 1 aliphatic rings. The van der Waals surface area contributed by atoms with Crippen LogP contribution in [0.2, 0.25) is 0 Å². The normalized spacial score (nSPS) is 17.5. The highest BCUT2D eigenvalue weighted by Crippen LogP contribution is 2.36. The quantitative estimate of drug-likeness (QED) is 0.566. The summed E-state index contributed by atoms with van der Waals surface area (Å²) in [6, 6.07) is 4.15. The largest absolute Gasteiger partial charge is 0.472 e. The first kappa shape index (κ1) is 21.4. The molecule has 2 heterocycles. The van der Waals surface area contributed by atoms with E-state index >= 15 is 0 Å². The lowest BCUT2D eigenvalue weighted by atomic mass is 10.0. The van der Waals surface area contributed by atoms with Crippen LogP contribution in [0.4, 0.5) is 26.3 Å². The van der Waals surface area contributed by atoms with Gasteiger partial charge in [-0.25, -0.2) is 4.98 Å². The molecule has 1 unspecified atom stereocenters. The van der Waals surface area contributed by atoms with Crippen LogP contribution in [-0.2, 0) is 12.4 Å². The van der Waals surface area contributed by atoms with E-state index in [2.05, 4.69) is 20.9 Å². The zero-order valence-corrected chi connectivity index (χ0v) is 16.1. The Morgan fingerprint density at radius 3 is 2.21 bits per heavy atom. The lowest BCUT2D eigenvalue weighted by Gasteiger charge is -2.19. The minimum atomic E-state index is -5.01. The molecule has 1 aliphatic heterocycles. The van der Waals surface area contributed by atoms with Crippen LogP contribution in [0.5, 0.6) is 5.88 Å². The molecule has 1 fully saturated rings. The molecular weight excluding hydrogens is 470 g/mol. The SMILES string of the molecule is O=C(c1cc(C(F)(F)F)cc(C(F)(F)F)c1)N1CCC(Oc2ccc(Br)cn2)C1. The minimum absolute atomic E-state index is 0.00806. The van der Waals surface area contributed by atoms with Gasteiger partial charge in [0.25, 0.3) is 5.91 Å². The second-order valence-electron chi connectivity index (χ2n) is 6.39. The molecule has 1 aromatic carbocycles. The van der Waals surface area contributed by atoms with Crippen molar-refractivity contribution >= 4 is 21.8 Å². The van der Waals surface area contributed by atoms with Crippen molar-refractivity contribution in [2.45, 2.75) is 24.9 Å². The third-order valence-corrected chi connectivity index (χ3v) is 4.72. The lowest BCUT2D eigenvalue weighted by molar-refractivity contribution is -0.143. The van der Waals surface area contributed by atoms with Gasteiger partial charge in [0.1, 0.15) is 6.10 Å². The van der Waals surface area contributed by atoms with Gasteiger partial charge in [-0.1, -0.05) is 0 Å². The maximum atomic E-state index is 13.0. The van der Waals surface area contributed by atoms with Gasteiger partial charge in [-0.3, -0.25) is 4.79 Å². The summed E-state index contributed by atoms with van der Waals surface area (Å²) < 4.78 is 84.3. The van der Waals surface area contributed by atoms with Crippen LogP contribution in [0.15, 0.2) is 41.0 Å². The van der Waals surface area contributed by atoms with E-state index in [0.717, 1.165) is 4.47 Å². The number of ether oxygens (including phenoxy) is 1. The predicted octanol–water partition coefficient (Wildman–Crippen LogP) is 5.18. The number of amides is 1. The molecular formula is C18H13BrF6N2O2. The van der Waals surface area contributed by atoms with Crippen LogP contribution in [0, 0.1) is 0 Å². The molecule has 1 saturated heterocycles. The molecule has 0 spiro atoms. The Morgan fingerprint density at radius 2 is 1.69 bits per heavy atom. The fraction of sp³-hybridized carbons (Fsp3) is 0.333. The van der Waals surface area contributed by atoms with Crippen molar-refractivity contribution in [3.8, 4) is 5.88 Å². The van der Waals surface area contributed by atoms with Gasteiger partial charge in [-0.2, -0.15) is 26.3 Å². The highest BCUT2D eigenvalue weighted by Gasteiger charge is 2.38. The summed E-state index contributed by atoms with van der Waals surface area (Å²) in [6.07, 6.45) is -8.62. The number of pyridine rings is 1. The van der Waals surface area contributed by atoms with E-state index < -0.39 is 41.1 Å². The van der Waals surface area contributed by atoms with Crippen LogP contribution < -0.4 is 4.74 Å². The Balaban J connectivity index is 1.78. The molecule has 156 valence electrons. The molecule has 3 rings (SSSR count). The van der Waals surface area contributed by atoms with E-state index in [0.29, 0.717) is 24.4 Å². The Kier molecular flexibility index (Phi) is 5.79. The summed E-state index contributed by atoms with van der Waals surface area (Å²) >= 11 is 3.22. The zero-order valence-electron chi connectivity index (χ0n) is 14.5. The van der Waals surface area contributed by atoms with E-state index in [-0.39, 0.29) is 19.2 Å². The van der Waals surface area contributed by atoms with Crippen LogP contribution in [-0.4, -0.2) is 35.0 Å². The molecule has 29 heavy (non-hydrogen) atoms. The number of aromatic nitrogens is 1. The Labute approximate surface area is 169 Å². The standard InChI is InChI=1S/C18H13BrF6N2O2/c19-13-1-2-15(26-8-13)29-14-3-4-27(9-14)16(28)10-5-11(17(20,21)22)7-12(6-10)18(23,24)25/h1-2,5-8,14H,3-4,9H2. The molecule has 0 bridgehead atoms. The molecule has 11 heteroatoms. The van der Waals surface area contributed by atoms with Crippen LogP contribution >= 0.6 is 15.9 Å². The fourth-order valence-electron chi connectivity index (χ4n) is 2.87. The maximum Gasteiger partial charge on any atom is 0.416 e. The molecule has 1 amide bonds. The predicted molar refractivity (Wildman–Crippen MR) is 93.3 cm³/mol. The van der Waals surface area contributed by atoms with Gasteiger partial charge in [0, 0.05) is 35.3 Å². The highest BCUT2D eigenvalue weighted by molar-refractivity contribution is 9.10. The molecule has 0 saturated carbocycles. The third-order valence-electron chi connectivity index (χ3n) is 4.25.